The molecular weight excluding hydrogens is 470 g/mol. The van der Waals surface area contributed by atoms with Crippen LogP contribution in [0.4, 0.5) is 5.69 Å². The minimum absolute atomic E-state index is 0.187. The molecule has 0 aliphatic carbocycles. The van der Waals surface area contributed by atoms with E-state index in [-0.39, 0.29) is 11.5 Å². The van der Waals surface area contributed by atoms with Crippen molar-refractivity contribution in [3.8, 4) is 11.8 Å². The maximum atomic E-state index is 12.8. The third-order valence-electron chi connectivity index (χ3n) is 5.19. The van der Waals surface area contributed by atoms with Crippen LogP contribution in [-0.4, -0.2) is 26.9 Å². The molecule has 0 radical (unpaired) electrons. The molecule has 4 aromatic rings. The molecule has 1 heterocycles. The van der Waals surface area contributed by atoms with Crippen LogP contribution in [0.25, 0.3) is 0 Å². The molecular formula is C29H23N3O3S. The van der Waals surface area contributed by atoms with Gasteiger partial charge >= 0.3 is 0 Å². The molecule has 1 atom stereocenters. The minimum atomic E-state index is -3.00. The second-order valence-corrected chi connectivity index (χ2v) is 10.1. The van der Waals surface area contributed by atoms with E-state index in [1.54, 1.807) is 79.0 Å². The fourth-order valence-corrected chi connectivity index (χ4v) is 4.36. The SMILES string of the molecule is C=S(=O)(NC(=O)c1cncc(C#Cc2ccc(NC(=O)c3ccc(C)cc3)cc2)c1)c1ccccc1. The van der Waals surface area contributed by atoms with Gasteiger partial charge in [-0.1, -0.05) is 47.7 Å². The molecule has 3 aromatic carbocycles. The van der Waals surface area contributed by atoms with Crippen LogP contribution in [0.2, 0.25) is 0 Å². The predicted octanol–water partition coefficient (Wildman–Crippen LogP) is 4.46. The van der Waals surface area contributed by atoms with E-state index < -0.39 is 15.6 Å². The van der Waals surface area contributed by atoms with Crippen LogP contribution in [0.15, 0.2) is 102 Å². The van der Waals surface area contributed by atoms with Gasteiger partial charge in [0.1, 0.15) is 0 Å². The molecule has 0 saturated carbocycles. The Labute approximate surface area is 210 Å². The van der Waals surface area contributed by atoms with E-state index in [9.17, 15) is 13.8 Å². The van der Waals surface area contributed by atoms with Crippen LogP contribution < -0.4 is 10.0 Å². The van der Waals surface area contributed by atoms with Gasteiger partial charge in [0.2, 0.25) is 0 Å². The smallest absolute Gasteiger partial charge is 0.264 e. The highest BCUT2D eigenvalue weighted by molar-refractivity contribution is 7.99. The van der Waals surface area contributed by atoms with Crippen LogP contribution in [0, 0.1) is 18.8 Å². The lowest BCUT2D eigenvalue weighted by Crippen LogP contribution is -2.30. The van der Waals surface area contributed by atoms with Crippen molar-refractivity contribution in [1.82, 2.24) is 9.71 Å². The van der Waals surface area contributed by atoms with Crippen LogP contribution in [-0.2, 0) is 9.71 Å². The van der Waals surface area contributed by atoms with Crippen LogP contribution in [0.1, 0.15) is 37.4 Å². The number of carbonyl (C=O) groups excluding carboxylic acids is 2. The summed E-state index contributed by atoms with van der Waals surface area (Å²) in [7, 11) is -3.00. The van der Waals surface area contributed by atoms with E-state index in [1.807, 2.05) is 19.1 Å². The van der Waals surface area contributed by atoms with Crippen molar-refractivity contribution in [3.05, 3.63) is 125 Å². The molecule has 0 aliphatic heterocycles. The Bertz CT molecular complexity index is 1570. The summed E-state index contributed by atoms with van der Waals surface area (Å²) in [5.41, 5.74) is 3.80. The number of aryl methyl sites for hydroxylation is 1. The number of nitrogens with zero attached hydrogens (tertiary/aromatic N) is 1. The zero-order chi connectivity index (χ0) is 25.5. The number of benzene rings is 3. The number of rotatable bonds is 5. The Kier molecular flexibility index (Phi) is 7.28. The fraction of sp³-hybridized carbons (Fsp3) is 0.0345. The zero-order valence-electron chi connectivity index (χ0n) is 19.5. The van der Waals surface area contributed by atoms with Crippen LogP contribution in [0.5, 0.6) is 0 Å². The van der Waals surface area contributed by atoms with Crippen LogP contribution >= 0.6 is 0 Å². The van der Waals surface area contributed by atoms with Crippen molar-refractivity contribution in [2.45, 2.75) is 11.8 Å². The topological polar surface area (TPSA) is 88.2 Å². The summed E-state index contributed by atoms with van der Waals surface area (Å²) in [4.78, 5) is 29.5. The molecule has 6 nitrogen and oxygen atoms in total. The molecule has 1 unspecified atom stereocenters. The van der Waals surface area contributed by atoms with E-state index in [4.69, 9.17) is 0 Å². The van der Waals surface area contributed by atoms with E-state index in [2.05, 4.69) is 32.7 Å². The van der Waals surface area contributed by atoms with Crippen molar-refractivity contribution < 1.29 is 13.8 Å². The molecule has 1 aromatic heterocycles. The molecule has 0 spiro atoms. The summed E-state index contributed by atoms with van der Waals surface area (Å²) in [6.45, 7) is 1.97. The number of pyridine rings is 1. The van der Waals surface area contributed by atoms with E-state index >= 15 is 0 Å². The first kappa shape index (κ1) is 24.5. The molecule has 0 bridgehead atoms. The van der Waals surface area contributed by atoms with Gasteiger partial charge in [-0.2, -0.15) is 0 Å². The molecule has 0 saturated heterocycles. The van der Waals surface area contributed by atoms with Crippen molar-refractivity contribution in [3.63, 3.8) is 0 Å². The summed E-state index contributed by atoms with van der Waals surface area (Å²) in [5.74, 6) is 8.92. The molecule has 36 heavy (non-hydrogen) atoms. The first-order chi connectivity index (χ1) is 17.3. The lowest BCUT2D eigenvalue weighted by Gasteiger charge is -2.11. The summed E-state index contributed by atoms with van der Waals surface area (Å²) >= 11 is 0. The highest BCUT2D eigenvalue weighted by Gasteiger charge is 2.14. The average Bonchev–Trinajstić information content (AvgIpc) is 2.89. The van der Waals surface area contributed by atoms with Gasteiger partial charge in [0.05, 0.1) is 15.3 Å². The Balaban J connectivity index is 1.42. The van der Waals surface area contributed by atoms with Gasteiger partial charge in [0, 0.05) is 39.7 Å². The molecule has 178 valence electrons. The molecule has 7 heteroatoms. The monoisotopic (exact) mass is 493 g/mol. The standard InChI is InChI=1S/C29H23N3O3S/c1-21-8-14-24(15-9-21)28(33)31-26-16-12-22(13-17-26)10-11-23-18-25(20-30-19-23)29(34)32-36(2,35)27-6-4-3-5-7-27/h3-9,12-20H,2H2,1H3,(H,31,33)(H,32,34,35). The van der Waals surface area contributed by atoms with Gasteiger partial charge in [-0.15, -0.1) is 0 Å². The van der Waals surface area contributed by atoms with E-state index in [1.165, 1.54) is 6.20 Å². The third-order valence-corrected chi connectivity index (χ3v) is 6.74. The lowest BCUT2D eigenvalue weighted by molar-refractivity contribution is 0.0980. The van der Waals surface area contributed by atoms with Gasteiger partial charge in [-0.05, 0) is 67.4 Å². The lowest BCUT2D eigenvalue weighted by atomic mass is 10.1. The molecule has 2 amide bonds. The van der Waals surface area contributed by atoms with Crippen molar-refractivity contribution in [2.24, 2.45) is 0 Å². The highest BCUT2D eigenvalue weighted by Crippen LogP contribution is 2.13. The number of amides is 2. The Morgan fingerprint density at radius 2 is 1.47 bits per heavy atom. The van der Waals surface area contributed by atoms with Gasteiger partial charge in [-0.3, -0.25) is 19.3 Å². The second-order valence-electron chi connectivity index (χ2n) is 8.03. The van der Waals surface area contributed by atoms with Gasteiger partial charge in [0.25, 0.3) is 11.8 Å². The van der Waals surface area contributed by atoms with E-state index in [0.717, 1.165) is 11.1 Å². The zero-order valence-corrected chi connectivity index (χ0v) is 20.3. The quantitative estimate of drug-likeness (QED) is 0.317. The second kappa shape index (κ2) is 10.7. The van der Waals surface area contributed by atoms with Gasteiger partial charge < -0.3 is 5.32 Å². The number of anilines is 1. The number of carbonyl (C=O) groups is 2. The normalized spacial score (nSPS) is 11.9. The first-order valence-electron chi connectivity index (χ1n) is 11.0. The first-order valence-corrected chi connectivity index (χ1v) is 12.7. The largest absolute Gasteiger partial charge is 0.322 e. The molecule has 0 aliphatic rings. The predicted molar refractivity (Wildman–Crippen MR) is 143 cm³/mol. The van der Waals surface area contributed by atoms with E-state index in [0.29, 0.717) is 21.7 Å². The molecule has 0 fully saturated rings. The number of hydrogen-bond acceptors (Lipinski definition) is 4. The molecule has 2 N–H and O–H groups in total. The summed E-state index contributed by atoms with van der Waals surface area (Å²) in [6, 6.07) is 24.6. The van der Waals surface area contributed by atoms with Gasteiger partial charge in [-0.25, -0.2) is 4.21 Å². The summed E-state index contributed by atoms with van der Waals surface area (Å²) < 4.78 is 15.3. The maximum Gasteiger partial charge on any atom is 0.264 e. The number of hydrogen-bond donors (Lipinski definition) is 2. The van der Waals surface area contributed by atoms with Crippen molar-refractivity contribution in [1.29, 1.82) is 0 Å². The maximum absolute atomic E-state index is 12.8. The summed E-state index contributed by atoms with van der Waals surface area (Å²) in [6.07, 6.45) is 2.92. The van der Waals surface area contributed by atoms with Gasteiger partial charge in [0.15, 0.2) is 0 Å². The number of aromatic nitrogens is 1. The highest BCUT2D eigenvalue weighted by atomic mass is 32.2. The Morgan fingerprint density at radius 3 is 2.17 bits per heavy atom. The van der Waals surface area contributed by atoms with Crippen LogP contribution in [0.3, 0.4) is 0 Å². The average molecular weight is 494 g/mol. The summed E-state index contributed by atoms with van der Waals surface area (Å²) in [5, 5.41) is 2.86. The Hall–Kier alpha value is -4.67. The van der Waals surface area contributed by atoms with Crippen molar-refractivity contribution in [2.75, 3.05) is 5.32 Å². The Morgan fingerprint density at radius 1 is 0.806 bits per heavy atom. The number of nitrogens with one attached hydrogen (secondary N) is 2. The third kappa shape index (κ3) is 6.26. The van der Waals surface area contributed by atoms with Crippen molar-refractivity contribution >= 4 is 33.1 Å². The molecule has 4 rings (SSSR count). The fourth-order valence-electron chi connectivity index (χ4n) is 3.23. The minimum Gasteiger partial charge on any atom is -0.322 e.